The lowest BCUT2D eigenvalue weighted by Crippen LogP contribution is -2.43. The number of rotatable bonds is 6. The minimum absolute atomic E-state index is 0.424. The molecule has 0 saturated carbocycles. The lowest BCUT2D eigenvalue weighted by molar-refractivity contribution is -0.0304. The highest BCUT2D eigenvalue weighted by Crippen LogP contribution is 2.20. The molecule has 1 fully saturated rings. The zero-order chi connectivity index (χ0) is 15.2. The number of hydrogen-bond acceptors (Lipinski definition) is 3. The van der Waals surface area contributed by atoms with Gasteiger partial charge in [-0.3, -0.25) is 4.90 Å². The molecule has 0 aromatic heterocycles. The van der Waals surface area contributed by atoms with Gasteiger partial charge in [0, 0.05) is 25.7 Å². The Labute approximate surface area is 129 Å². The monoisotopic (exact) mass is 290 g/mol. The van der Waals surface area contributed by atoms with Crippen molar-refractivity contribution >= 4 is 0 Å². The Morgan fingerprint density at radius 2 is 2.00 bits per heavy atom. The molecule has 1 aromatic carbocycles. The largest absolute Gasteiger partial charge is 0.376 e. The smallest absolute Gasteiger partial charge is 0.0700 e. The maximum atomic E-state index is 5.75. The summed E-state index contributed by atoms with van der Waals surface area (Å²) in [5, 5.41) is 3.48. The van der Waals surface area contributed by atoms with Crippen molar-refractivity contribution in [1.29, 1.82) is 0 Å². The Hall–Kier alpha value is -0.900. The number of hydrogen-bond donors (Lipinski definition) is 1. The van der Waals surface area contributed by atoms with Gasteiger partial charge in [-0.15, -0.1) is 0 Å². The van der Waals surface area contributed by atoms with Gasteiger partial charge in [-0.2, -0.15) is 0 Å². The summed E-state index contributed by atoms with van der Waals surface area (Å²) in [5.41, 5.74) is 4.11. The van der Waals surface area contributed by atoms with Crippen molar-refractivity contribution in [3.05, 3.63) is 34.9 Å². The van der Waals surface area contributed by atoms with E-state index in [1.807, 2.05) is 0 Å². The molecule has 2 unspecified atom stereocenters. The summed E-state index contributed by atoms with van der Waals surface area (Å²) in [6, 6.07) is 7.29. The highest BCUT2D eigenvalue weighted by Gasteiger charge is 2.20. The molecule has 1 aliphatic heterocycles. The van der Waals surface area contributed by atoms with Crippen LogP contribution in [0, 0.1) is 13.8 Å². The Bertz CT molecular complexity index is 427. The van der Waals surface area contributed by atoms with Crippen LogP contribution in [-0.2, 0) is 4.74 Å². The fourth-order valence-electron chi connectivity index (χ4n) is 3.23. The summed E-state index contributed by atoms with van der Waals surface area (Å²) >= 11 is 0. The molecule has 118 valence electrons. The molecular formula is C18H30N2O. The molecular weight excluding hydrogens is 260 g/mol. The molecule has 1 aliphatic rings. The Balaban J connectivity index is 1.93. The molecule has 2 atom stereocenters. The number of aryl methyl sites for hydroxylation is 2. The van der Waals surface area contributed by atoms with E-state index in [1.165, 1.54) is 16.7 Å². The minimum atomic E-state index is 0.424. The van der Waals surface area contributed by atoms with Crippen LogP contribution in [0.2, 0.25) is 0 Å². The average Bonchev–Trinajstić information content (AvgIpc) is 2.47. The van der Waals surface area contributed by atoms with Crippen molar-refractivity contribution in [2.45, 2.75) is 45.8 Å². The second kappa shape index (κ2) is 7.92. The van der Waals surface area contributed by atoms with E-state index in [2.05, 4.69) is 56.2 Å². The molecule has 0 spiro atoms. The topological polar surface area (TPSA) is 24.5 Å². The van der Waals surface area contributed by atoms with Crippen LogP contribution in [0.15, 0.2) is 18.2 Å². The maximum absolute atomic E-state index is 5.75. The molecule has 2 rings (SSSR count). The van der Waals surface area contributed by atoms with E-state index in [0.29, 0.717) is 12.1 Å². The predicted octanol–water partition coefficient (Wildman–Crippen LogP) is 3.06. The predicted molar refractivity (Wildman–Crippen MR) is 88.8 cm³/mol. The van der Waals surface area contributed by atoms with Crippen molar-refractivity contribution in [3.63, 3.8) is 0 Å². The minimum Gasteiger partial charge on any atom is -0.376 e. The Kier molecular flexibility index (Phi) is 6.22. The fraction of sp³-hybridized carbons (Fsp3) is 0.667. The van der Waals surface area contributed by atoms with Gasteiger partial charge in [0.25, 0.3) is 0 Å². The zero-order valence-electron chi connectivity index (χ0n) is 14.0. The van der Waals surface area contributed by atoms with Gasteiger partial charge in [-0.05, 0) is 39.3 Å². The Morgan fingerprint density at radius 1 is 1.29 bits per heavy atom. The summed E-state index contributed by atoms with van der Waals surface area (Å²) in [7, 11) is 2.07. The van der Waals surface area contributed by atoms with Crippen LogP contribution in [0.1, 0.15) is 42.5 Å². The normalized spacial score (nSPS) is 21.4. The van der Waals surface area contributed by atoms with Crippen LogP contribution in [0.5, 0.6) is 0 Å². The van der Waals surface area contributed by atoms with Crippen LogP contribution in [0.3, 0.4) is 0 Å². The molecule has 0 bridgehead atoms. The van der Waals surface area contributed by atoms with Gasteiger partial charge in [0.2, 0.25) is 0 Å². The number of nitrogens with zero attached hydrogens (tertiary/aromatic N) is 1. The first-order chi connectivity index (χ1) is 10.1. The van der Waals surface area contributed by atoms with E-state index in [0.717, 1.165) is 39.1 Å². The van der Waals surface area contributed by atoms with Crippen molar-refractivity contribution in [3.8, 4) is 0 Å². The number of morpholine rings is 1. The van der Waals surface area contributed by atoms with E-state index < -0.39 is 0 Å². The van der Waals surface area contributed by atoms with E-state index in [4.69, 9.17) is 4.74 Å². The average molecular weight is 290 g/mol. The fourth-order valence-corrected chi connectivity index (χ4v) is 3.23. The van der Waals surface area contributed by atoms with Crippen LogP contribution in [0.4, 0.5) is 0 Å². The van der Waals surface area contributed by atoms with Gasteiger partial charge < -0.3 is 10.1 Å². The Morgan fingerprint density at radius 3 is 2.62 bits per heavy atom. The maximum Gasteiger partial charge on any atom is 0.0700 e. The van der Waals surface area contributed by atoms with Crippen molar-refractivity contribution in [2.75, 3.05) is 33.3 Å². The number of benzene rings is 1. The summed E-state index contributed by atoms with van der Waals surface area (Å²) < 4.78 is 5.75. The molecule has 0 amide bonds. The molecule has 1 aromatic rings. The second-order valence-electron chi connectivity index (χ2n) is 6.25. The first kappa shape index (κ1) is 16.5. The highest BCUT2D eigenvalue weighted by atomic mass is 16.5. The van der Waals surface area contributed by atoms with E-state index in [9.17, 15) is 0 Å². The summed E-state index contributed by atoms with van der Waals surface area (Å²) in [6.45, 7) is 10.7. The van der Waals surface area contributed by atoms with E-state index >= 15 is 0 Å². The molecule has 1 saturated heterocycles. The van der Waals surface area contributed by atoms with Gasteiger partial charge in [0.05, 0.1) is 12.7 Å². The SMILES string of the molecule is CCC1CN(CCC(NC)c2cc(C)cc(C)c2)CCO1. The first-order valence-electron chi connectivity index (χ1n) is 8.21. The third-order valence-electron chi connectivity index (χ3n) is 4.41. The van der Waals surface area contributed by atoms with Gasteiger partial charge in [-0.25, -0.2) is 0 Å². The molecule has 21 heavy (non-hydrogen) atoms. The van der Waals surface area contributed by atoms with Gasteiger partial charge in [0.1, 0.15) is 0 Å². The molecule has 3 nitrogen and oxygen atoms in total. The van der Waals surface area contributed by atoms with Crippen molar-refractivity contribution < 1.29 is 4.74 Å². The van der Waals surface area contributed by atoms with E-state index in [1.54, 1.807) is 0 Å². The van der Waals surface area contributed by atoms with Crippen molar-refractivity contribution in [1.82, 2.24) is 10.2 Å². The lowest BCUT2D eigenvalue weighted by Gasteiger charge is -2.33. The quantitative estimate of drug-likeness (QED) is 0.871. The third-order valence-corrected chi connectivity index (χ3v) is 4.41. The molecule has 1 N–H and O–H groups in total. The lowest BCUT2D eigenvalue weighted by atomic mass is 9.99. The zero-order valence-corrected chi connectivity index (χ0v) is 14.0. The summed E-state index contributed by atoms with van der Waals surface area (Å²) in [4.78, 5) is 2.55. The molecule has 3 heteroatoms. The van der Waals surface area contributed by atoms with Crippen LogP contribution < -0.4 is 5.32 Å². The summed E-state index contributed by atoms with van der Waals surface area (Å²) in [6.07, 6.45) is 2.69. The highest BCUT2D eigenvalue weighted by molar-refractivity contribution is 5.30. The second-order valence-corrected chi connectivity index (χ2v) is 6.25. The van der Waals surface area contributed by atoms with Crippen molar-refractivity contribution in [2.24, 2.45) is 0 Å². The van der Waals surface area contributed by atoms with Gasteiger partial charge >= 0.3 is 0 Å². The molecule has 0 radical (unpaired) electrons. The first-order valence-corrected chi connectivity index (χ1v) is 8.21. The summed E-state index contributed by atoms with van der Waals surface area (Å²) in [5.74, 6) is 0. The number of ether oxygens (including phenoxy) is 1. The van der Waals surface area contributed by atoms with Gasteiger partial charge in [0.15, 0.2) is 0 Å². The molecule has 1 heterocycles. The third kappa shape index (κ3) is 4.80. The number of nitrogens with one attached hydrogen (secondary N) is 1. The standard InChI is InChI=1S/C18H30N2O/c1-5-17-13-20(8-9-21-17)7-6-18(19-4)16-11-14(2)10-15(3)12-16/h10-12,17-19H,5-9,13H2,1-4H3. The molecule has 0 aliphatic carbocycles. The van der Waals surface area contributed by atoms with Crippen LogP contribution in [0.25, 0.3) is 0 Å². The van der Waals surface area contributed by atoms with Gasteiger partial charge in [-0.1, -0.05) is 36.2 Å². The van der Waals surface area contributed by atoms with E-state index in [-0.39, 0.29) is 0 Å². The van der Waals surface area contributed by atoms with Crippen LogP contribution >= 0.6 is 0 Å². The van der Waals surface area contributed by atoms with Crippen LogP contribution in [-0.4, -0.2) is 44.3 Å².